The van der Waals surface area contributed by atoms with E-state index in [9.17, 15) is 9.59 Å². The van der Waals surface area contributed by atoms with Gasteiger partial charge in [-0.2, -0.15) is 0 Å². The minimum atomic E-state index is 0.175. The van der Waals surface area contributed by atoms with E-state index >= 15 is 0 Å². The summed E-state index contributed by atoms with van der Waals surface area (Å²) in [5.74, 6) is 0.355. The Hall–Kier alpha value is -1.88. The highest BCUT2D eigenvalue weighted by Crippen LogP contribution is 2.09. The van der Waals surface area contributed by atoms with E-state index in [1.165, 1.54) is 5.56 Å². The molecule has 132 valence electrons. The smallest absolute Gasteiger partial charge is 0.236 e. The van der Waals surface area contributed by atoms with Gasteiger partial charge in [0.25, 0.3) is 0 Å². The number of hydrogen-bond donors (Lipinski definition) is 0. The van der Waals surface area contributed by atoms with Crippen LogP contribution in [-0.2, 0) is 16.0 Å². The van der Waals surface area contributed by atoms with Crippen LogP contribution in [0.1, 0.15) is 25.0 Å². The molecule has 5 heteroatoms. The van der Waals surface area contributed by atoms with Crippen molar-refractivity contribution >= 4 is 11.8 Å². The lowest BCUT2D eigenvalue weighted by molar-refractivity contribution is -0.134. The summed E-state index contributed by atoms with van der Waals surface area (Å²) in [6.07, 6.45) is 0.457. The van der Waals surface area contributed by atoms with Crippen LogP contribution >= 0.6 is 0 Å². The van der Waals surface area contributed by atoms with Crippen LogP contribution in [0.2, 0.25) is 0 Å². The third-order valence-electron chi connectivity index (χ3n) is 4.68. The lowest BCUT2D eigenvalue weighted by Crippen LogP contribution is -2.51. The molecule has 0 unspecified atom stereocenters. The number of nitrogens with zero attached hydrogens (tertiary/aromatic N) is 3. The van der Waals surface area contributed by atoms with Crippen molar-refractivity contribution < 1.29 is 9.59 Å². The number of benzene rings is 1. The van der Waals surface area contributed by atoms with Crippen molar-refractivity contribution in [2.75, 3.05) is 45.8 Å². The van der Waals surface area contributed by atoms with Gasteiger partial charge in [-0.25, -0.2) is 0 Å². The summed E-state index contributed by atoms with van der Waals surface area (Å²) in [6, 6.07) is 8.12. The molecule has 0 saturated carbocycles. The van der Waals surface area contributed by atoms with Crippen LogP contribution < -0.4 is 0 Å². The normalized spacial score (nSPS) is 15.4. The average Bonchev–Trinajstić information content (AvgIpc) is 2.58. The second-order valence-corrected chi connectivity index (χ2v) is 6.39. The van der Waals surface area contributed by atoms with Crippen LogP contribution in [0.4, 0.5) is 0 Å². The topological polar surface area (TPSA) is 43.9 Å². The largest absolute Gasteiger partial charge is 0.342 e. The highest BCUT2D eigenvalue weighted by atomic mass is 16.2. The molecule has 1 aliphatic rings. The summed E-state index contributed by atoms with van der Waals surface area (Å²) in [7, 11) is 0. The van der Waals surface area contributed by atoms with E-state index in [0.717, 1.165) is 31.7 Å². The number of hydrogen-bond acceptors (Lipinski definition) is 3. The third-order valence-corrected chi connectivity index (χ3v) is 4.68. The molecule has 0 aromatic heterocycles. The van der Waals surface area contributed by atoms with Gasteiger partial charge in [-0.15, -0.1) is 0 Å². The van der Waals surface area contributed by atoms with Gasteiger partial charge in [-0.3, -0.25) is 14.5 Å². The summed E-state index contributed by atoms with van der Waals surface area (Å²) >= 11 is 0. The Labute approximate surface area is 145 Å². The van der Waals surface area contributed by atoms with E-state index < -0.39 is 0 Å². The summed E-state index contributed by atoms with van der Waals surface area (Å²) in [5, 5.41) is 0. The zero-order chi connectivity index (χ0) is 17.5. The van der Waals surface area contributed by atoms with E-state index in [1.807, 2.05) is 54.8 Å². The van der Waals surface area contributed by atoms with Crippen LogP contribution in [0, 0.1) is 6.92 Å². The van der Waals surface area contributed by atoms with Crippen molar-refractivity contribution in [3.8, 4) is 0 Å². The Morgan fingerprint density at radius 2 is 1.58 bits per heavy atom. The Kier molecular flexibility index (Phi) is 6.79. The van der Waals surface area contributed by atoms with Crippen LogP contribution in [0.25, 0.3) is 0 Å². The fraction of sp³-hybridized carbons (Fsp3) is 0.579. The van der Waals surface area contributed by atoms with E-state index in [4.69, 9.17) is 0 Å². The fourth-order valence-corrected chi connectivity index (χ4v) is 3.02. The zero-order valence-corrected chi connectivity index (χ0v) is 15.1. The van der Waals surface area contributed by atoms with Crippen molar-refractivity contribution in [2.24, 2.45) is 0 Å². The summed E-state index contributed by atoms with van der Waals surface area (Å²) < 4.78 is 0. The molecule has 1 fully saturated rings. The van der Waals surface area contributed by atoms with Crippen LogP contribution in [0.5, 0.6) is 0 Å². The number of aryl methyl sites for hydroxylation is 1. The van der Waals surface area contributed by atoms with Crippen molar-refractivity contribution in [2.45, 2.75) is 27.2 Å². The molecule has 5 nitrogen and oxygen atoms in total. The van der Waals surface area contributed by atoms with Gasteiger partial charge < -0.3 is 9.80 Å². The number of amides is 2. The van der Waals surface area contributed by atoms with E-state index in [2.05, 4.69) is 4.90 Å². The van der Waals surface area contributed by atoms with Gasteiger partial charge in [0.2, 0.25) is 11.8 Å². The molecule has 0 aliphatic carbocycles. The second kappa shape index (κ2) is 8.83. The predicted molar refractivity (Wildman–Crippen MR) is 95.8 cm³/mol. The summed E-state index contributed by atoms with van der Waals surface area (Å²) in [5.41, 5.74) is 2.27. The Balaban J connectivity index is 1.78. The first-order valence-electron chi connectivity index (χ1n) is 8.87. The number of carbonyl (C=O) groups is 2. The van der Waals surface area contributed by atoms with Gasteiger partial charge in [-0.05, 0) is 26.3 Å². The third kappa shape index (κ3) is 5.06. The van der Waals surface area contributed by atoms with E-state index in [-0.39, 0.29) is 11.8 Å². The van der Waals surface area contributed by atoms with Crippen LogP contribution in [0.15, 0.2) is 24.3 Å². The first-order chi connectivity index (χ1) is 11.5. The van der Waals surface area contributed by atoms with Crippen molar-refractivity contribution in [1.29, 1.82) is 0 Å². The molecular weight excluding hydrogens is 302 g/mol. The maximum absolute atomic E-state index is 12.4. The maximum atomic E-state index is 12.4. The first-order valence-corrected chi connectivity index (χ1v) is 8.87. The van der Waals surface area contributed by atoms with Gasteiger partial charge in [0.15, 0.2) is 0 Å². The molecule has 1 heterocycles. The minimum absolute atomic E-state index is 0.175. The van der Waals surface area contributed by atoms with Crippen LogP contribution in [-0.4, -0.2) is 72.3 Å². The molecule has 1 aliphatic heterocycles. The SMILES string of the molecule is CCN(CC)C(=O)CN1CCN(C(=O)Cc2ccc(C)cc2)CC1. The number of piperazine rings is 1. The summed E-state index contributed by atoms with van der Waals surface area (Å²) in [6.45, 7) is 11.0. The Morgan fingerprint density at radius 3 is 2.12 bits per heavy atom. The molecule has 1 saturated heterocycles. The van der Waals surface area contributed by atoms with Crippen molar-refractivity contribution in [3.63, 3.8) is 0 Å². The first kappa shape index (κ1) is 18.5. The molecule has 0 spiro atoms. The highest BCUT2D eigenvalue weighted by molar-refractivity contribution is 5.79. The highest BCUT2D eigenvalue weighted by Gasteiger charge is 2.23. The number of likely N-dealkylation sites (N-methyl/N-ethyl adjacent to an activating group) is 1. The molecule has 0 atom stereocenters. The lowest BCUT2D eigenvalue weighted by atomic mass is 10.1. The maximum Gasteiger partial charge on any atom is 0.236 e. The molecule has 0 radical (unpaired) electrons. The molecule has 0 N–H and O–H groups in total. The lowest BCUT2D eigenvalue weighted by Gasteiger charge is -2.35. The second-order valence-electron chi connectivity index (χ2n) is 6.39. The quantitative estimate of drug-likeness (QED) is 0.794. The van der Waals surface area contributed by atoms with Gasteiger partial charge in [0.05, 0.1) is 13.0 Å². The molecule has 1 aromatic carbocycles. The minimum Gasteiger partial charge on any atom is -0.342 e. The standard InChI is InChI=1S/C19H29N3O2/c1-4-21(5-2)19(24)15-20-10-12-22(13-11-20)18(23)14-17-8-6-16(3)7-9-17/h6-9H,4-5,10-15H2,1-3H3. The van der Waals surface area contributed by atoms with E-state index in [0.29, 0.717) is 26.1 Å². The molecule has 2 amide bonds. The molecule has 24 heavy (non-hydrogen) atoms. The van der Waals surface area contributed by atoms with Crippen molar-refractivity contribution in [1.82, 2.24) is 14.7 Å². The summed E-state index contributed by atoms with van der Waals surface area (Å²) in [4.78, 5) is 30.5. The van der Waals surface area contributed by atoms with E-state index in [1.54, 1.807) is 0 Å². The molecule has 0 bridgehead atoms. The monoisotopic (exact) mass is 331 g/mol. The van der Waals surface area contributed by atoms with Gasteiger partial charge in [0.1, 0.15) is 0 Å². The fourth-order valence-electron chi connectivity index (χ4n) is 3.02. The number of rotatable bonds is 6. The zero-order valence-electron chi connectivity index (χ0n) is 15.1. The number of carbonyl (C=O) groups excluding carboxylic acids is 2. The molecule has 2 rings (SSSR count). The predicted octanol–water partition coefficient (Wildman–Crippen LogP) is 1.55. The van der Waals surface area contributed by atoms with Crippen LogP contribution in [0.3, 0.4) is 0 Å². The van der Waals surface area contributed by atoms with Gasteiger partial charge in [0, 0.05) is 39.3 Å². The van der Waals surface area contributed by atoms with Crippen molar-refractivity contribution in [3.05, 3.63) is 35.4 Å². The Morgan fingerprint density at radius 1 is 1.00 bits per heavy atom. The average molecular weight is 331 g/mol. The molecular formula is C19H29N3O2. The van der Waals surface area contributed by atoms with Gasteiger partial charge in [-0.1, -0.05) is 29.8 Å². The van der Waals surface area contributed by atoms with Gasteiger partial charge >= 0.3 is 0 Å². The Bertz CT molecular complexity index is 544. The molecule has 1 aromatic rings.